The van der Waals surface area contributed by atoms with Crippen LogP contribution in [-0.2, 0) is 0 Å². The van der Waals surface area contributed by atoms with Gasteiger partial charge in [-0.3, -0.25) is 0 Å². The molecule has 0 aromatic carbocycles. The van der Waals surface area contributed by atoms with Crippen LogP contribution in [0.15, 0.2) is 0 Å². The summed E-state index contributed by atoms with van der Waals surface area (Å²) in [5, 5.41) is 9.74. The van der Waals surface area contributed by atoms with Gasteiger partial charge in [0.25, 0.3) is 0 Å². The van der Waals surface area contributed by atoms with Gasteiger partial charge < -0.3 is 5.11 Å². The predicted octanol–water partition coefficient (Wildman–Crippen LogP) is 0.345. The Labute approximate surface area is 59.4 Å². The summed E-state index contributed by atoms with van der Waals surface area (Å²) in [4.78, 5) is 0. The van der Waals surface area contributed by atoms with Gasteiger partial charge in [-0.05, 0) is 47.3 Å². The van der Waals surface area contributed by atoms with E-state index in [1.165, 1.54) is 0 Å². The minimum atomic E-state index is 0.167. The Kier molecular flexibility index (Phi) is 0.320. The van der Waals surface area contributed by atoms with E-state index in [0.717, 1.165) is 47.3 Å². The molecule has 0 saturated heterocycles. The van der Waals surface area contributed by atoms with Gasteiger partial charge in [-0.1, -0.05) is 0 Å². The second-order valence-corrected chi connectivity index (χ2v) is 5.11. The highest BCUT2D eigenvalue weighted by Crippen LogP contribution is 2.94. The van der Waals surface area contributed by atoms with Crippen molar-refractivity contribution in [1.29, 1.82) is 0 Å². The van der Waals surface area contributed by atoms with Crippen LogP contribution in [0.5, 0.6) is 0 Å². The highest BCUT2D eigenvalue weighted by molar-refractivity contribution is 5.40. The molecule has 52 valence electrons. The number of rotatable bonds is 0. The molecule has 0 aromatic rings. The molecule has 0 aromatic heterocycles. The molecule has 0 spiro atoms. The van der Waals surface area contributed by atoms with E-state index in [-0.39, 0.29) is 6.10 Å². The van der Waals surface area contributed by atoms with Crippen molar-refractivity contribution in [2.75, 3.05) is 0 Å². The number of hydrogen-bond acceptors (Lipinski definition) is 1. The Hall–Kier alpha value is -0.0400. The van der Waals surface area contributed by atoms with Crippen LogP contribution in [0.4, 0.5) is 0 Å². The van der Waals surface area contributed by atoms with Gasteiger partial charge in [0.15, 0.2) is 0 Å². The van der Waals surface area contributed by atoms with Gasteiger partial charge in [-0.15, -0.1) is 0 Å². The summed E-state index contributed by atoms with van der Waals surface area (Å²) in [5.41, 5.74) is 0. The van der Waals surface area contributed by atoms with E-state index in [4.69, 9.17) is 0 Å². The quantitative estimate of drug-likeness (QED) is 0.506. The SMILES string of the molecule is OC1C2C3C4C1[C@H]1C4C3[C@@H]21. The number of hydrogen-bond donors (Lipinski definition) is 1. The maximum atomic E-state index is 9.74. The fraction of sp³-hybridized carbons (Fsp3) is 1.00. The van der Waals surface area contributed by atoms with Crippen molar-refractivity contribution >= 4 is 0 Å². The Morgan fingerprint density at radius 3 is 1.10 bits per heavy atom. The molecule has 6 fully saturated rings. The topological polar surface area (TPSA) is 20.2 Å². The van der Waals surface area contributed by atoms with Crippen LogP contribution in [0.1, 0.15) is 0 Å². The van der Waals surface area contributed by atoms with Crippen molar-refractivity contribution in [2.45, 2.75) is 6.10 Å². The van der Waals surface area contributed by atoms with Gasteiger partial charge in [0.1, 0.15) is 0 Å². The van der Waals surface area contributed by atoms with Crippen LogP contribution < -0.4 is 0 Å². The average molecular weight is 134 g/mol. The van der Waals surface area contributed by atoms with Gasteiger partial charge in [0.05, 0.1) is 6.10 Å². The molecule has 6 aliphatic rings. The fourth-order valence-corrected chi connectivity index (χ4v) is 5.72. The third kappa shape index (κ3) is 0.143. The minimum Gasteiger partial charge on any atom is -0.393 e. The van der Waals surface area contributed by atoms with E-state index in [2.05, 4.69) is 0 Å². The molecular formula is C9H10O. The van der Waals surface area contributed by atoms with Crippen molar-refractivity contribution in [2.24, 2.45) is 47.3 Å². The van der Waals surface area contributed by atoms with E-state index in [1.54, 1.807) is 0 Å². The molecule has 6 saturated carbocycles. The van der Waals surface area contributed by atoms with Gasteiger partial charge in [-0.2, -0.15) is 0 Å². The Balaban J connectivity index is 1.88. The largest absolute Gasteiger partial charge is 0.393 e. The normalized spacial score (nSPS) is 97.5. The zero-order valence-electron chi connectivity index (χ0n) is 5.64. The smallest absolute Gasteiger partial charge is 0.0607 e. The molecule has 0 amide bonds. The molecule has 6 aliphatic carbocycles. The standard InChI is InChI=1S/C9H10O/c10-9-7-3-1-2-5(3)8(9)6(2)4(1)7/h1-10H/t1?,2?,3-,4?,5+,6?,7?,8?,9?. The summed E-state index contributed by atoms with van der Waals surface area (Å²) in [6.45, 7) is 0. The lowest BCUT2D eigenvalue weighted by atomic mass is 9.20. The van der Waals surface area contributed by atoms with E-state index in [0.29, 0.717) is 0 Å². The molecule has 9 atom stereocenters. The second-order valence-electron chi connectivity index (χ2n) is 5.11. The Morgan fingerprint density at radius 1 is 0.500 bits per heavy atom. The molecule has 1 nitrogen and oxygen atoms in total. The summed E-state index contributed by atoms with van der Waals surface area (Å²) >= 11 is 0. The van der Waals surface area contributed by atoms with E-state index in [1.807, 2.05) is 0 Å². The molecule has 10 heavy (non-hydrogen) atoms. The average Bonchev–Trinajstić information content (AvgIpc) is 2.15. The van der Waals surface area contributed by atoms with Crippen molar-refractivity contribution in [3.8, 4) is 0 Å². The summed E-state index contributed by atoms with van der Waals surface area (Å²) in [7, 11) is 0. The first kappa shape index (κ1) is 4.10. The molecular weight excluding hydrogens is 124 g/mol. The summed E-state index contributed by atoms with van der Waals surface area (Å²) in [6.07, 6.45) is 0.167. The highest BCUT2D eigenvalue weighted by Gasteiger charge is 2.93. The summed E-state index contributed by atoms with van der Waals surface area (Å²) in [6, 6.07) is 0. The lowest BCUT2D eigenvalue weighted by Crippen LogP contribution is -2.81. The van der Waals surface area contributed by atoms with E-state index >= 15 is 0 Å². The van der Waals surface area contributed by atoms with Crippen LogP contribution in [0.2, 0.25) is 0 Å². The third-order valence-electron chi connectivity index (χ3n) is 5.68. The zero-order chi connectivity index (χ0) is 6.20. The summed E-state index contributed by atoms with van der Waals surface area (Å²) in [5.74, 6) is 8.09. The van der Waals surface area contributed by atoms with Crippen LogP contribution >= 0.6 is 0 Å². The van der Waals surface area contributed by atoms with Crippen LogP contribution in [0.25, 0.3) is 0 Å². The van der Waals surface area contributed by atoms with Crippen LogP contribution in [0, 0.1) is 47.3 Å². The highest BCUT2D eigenvalue weighted by atomic mass is 16.3. The predicted molar refractivity (Wildman–Crippen MR) is 33.9 cm³/mol. The van der Waals surface area contributed by atoms with Crippen LogP contribution in [-0.4, -0.2) is 11.2 Å². The van der Waals surface area contributed by atoms with Gasteiger partial charge in [-0.25, -0.2) is 0 Å². The van der Waals surface area contributed by atoms with Crippen molar-refractivity contribution in [3.63, 3.8) is 0 Å². The summed E-state index contributed by atoms with van der Waals surface area (Å²) < 4.78 is 0. The number of aliphatic hydroxyl groups is 1. The van der Waals surface area contributed by atoms with Crippen molar-refractivity contribution in [1.82, 2.24) is 0 Å². The van der Waals surface area contributed by atoms with Crippen molar-refractivity contribution in [3.05, 3.63) is 0 Å². The maximum absolute atomic E-state index is 9.74. The lowest BCUT2D eigenvalue weighted by Gasteiger charge is -2.84. The lowest BCUT2D eigenvalue weighted by molar-refractivity contribution is -0.379. The monoisotopic (exact) mass is 134 g/mol. The molecule has 0 aliphatic heterocycles. The fourth-order valence-electron chi connectivity index (χ4n) is 5.72. The molecule has 7 unspecified atom stereocenters. The second kappa shape index (κ2) is 0.781. The van der Waals surface area contributed by atoms with Crippen molar-refractivity contribution < 1.29 is 5.11 Å². The van der Waals surface area contributed by atoms with Gasteiger partial charge in [0, 0.05) is 0 Å². The molecule has 2 bridgehead atoms. The molecule has 1 N–H and O–H groups in total. The third-order valence-corrected chi connectivity index (χ3v) is 5.68. The first-order chi connectivity index (χ1) is 4.91. The first-order valence-electron chi connectivity index (χ1n) is 4.59. The zero-order valence-corrected chi connectivity index (χ0v) is 5.64. The van der Waals surface area contributed by atoms with Gasteiger partial charge in [0.2, 0.25) is 0 Å². The number of aliphatic hydroxyl groups excluding tert-OH is 1. The Morgan fingerprint density at radius 2 is 0.800 bits per heavy atom. The van der Waals surface area contributed by atoms with E-state index < -0.39 is 0 Å². The molecule has 1 heteroatoms. The van der Waals surface area contributed by atoms with E-state index in [9.17, 15) is 5.11 Å². The molecule has 6 rings (SSSR count). The Bertz CT molecular complexity index is 210. The van der Waals surface area contributed by atoms with Gasteiger partial charge >= 0.3 is 0 Å². The molecule has 0 heterocycles. The molecule has 0 radical (unpaired) electrons. The minimum absolute atomic E-state index is 0.167. The first-order valence-corrected chi connectivity index (χ1v) is 4.59. The maximum Gasteiger partial charge on any atom is 0.0607 e. The van der Waals surface area contributed by atoms with Crippen LogP contribution in [0.3, 0.4) is 0 Å².